The average molecular weight is 304 g/mol. The first-order valence-electron chi connectivity index (χ1n) is 6.25. The fourth-order valence-electron chi connectivity index (χ4n) is 1.74. The van der Waals surface area contributed by atoms with E-state index in [9.17, 15) is 4.79 Å². The number of carbonyl (C=O) groups is 1. The first-order chi connectivity index (χ1) is 10.2. The number of amides is 1. The smallest absolute Gasteiger partial charge is 0.281 e. The third kappa shape index (κ3) is 3.61. The van der Waals surface area contributed by atoms with Crippen LogP contribution in [0.4, 0.5) is 0 Å². The van der Waals surface area contributed by atoms with E-state index in [1.165, 1.54) is 11.3 Å². The van der Waals surface area contributed by atoms with Crippen LogP contribution in [0, 0.1) is 6.92 Å². The van der Waals surface area contributed by atoms with Gasteiger partial charge in [0.15, 0.2) is 0 Å². The Morgan fingerprint density at radius 2 is 2.10 bits per heavy atom. The lowest BCUT2D eigenvalue weighted by Gasteiger charge is -2.06. The molecule has 0 saturated heterocycles. The van der Waals surface area contributed by atoms with Crippen LogP contribution in [0.3, 0.4) is 0 Å². The molecule has 1 aromatic heterocycles. The summed E-state index contributed by atoms with van der Waals surface area (Å²) in [6.45, 7) is 1.89. The molecule has 2 rings (SSSR count). The summed E-state index contributed by atoms with van der Waals surface area (Å²) in [7, 11) is 3.16. The topological polar surface area (TPSA) is 59.9 Å². The lowest BCUT2D eigenvalue weighted by molar-refractivity contribution is 0.0958. The lowest BCUT2D eigenvalue weighted by atomic mass is 10.2. The Morgan fingerprint density at radius 3 is 2.71 bits per heavy atom. The standard InChI is InChI=1S/C15H16N2O3S/c1-10-6-7-21-14(10)15(18)17-16-9-11-4-5-12(19-2)8-13(11)20-3/h4-9H,1-3H3,(H,17,18). The number of nitrogens with one attached hydrogen (secondary N) is 1. The van der Waals surface area contributed by atoms with Crippen LogP contribution in [-0.4, -0.2) is 26.3 Å². The van der Waals surface area contributed by atoms with Crippen molar-refractivity contribution in [2.75, 3.05) is 14.2 Å². The van der Waals surface area contributed by atoms with Crippen molar-refractivity contribution in [1.29, 1.82) is 0 Å². The van der Waals surface area contributed by atoms with Gasteiger partial charge in [-0.2, -0.15) is 5.10 Å². The van der Waals surface area contributed by atoms with Gasteiger partial charge in [-0.05, 0) is 36.1 Å². The van der Waals surface area contributed by atoms with E-state index >= 15 is 0 Å². The minimum Gasteiger partial charge on any atom is -0.497 e. The average Bonchev–Trinajstić information content (AvgIpc) is 2.93. The maximum absolute atomic E-state index is 11.9. The van der Waals surface area contributed by atoms with Crippen LogP contribution in [0.15, 0.2) is 34.7 Å². The molecule has 0 aliphatic heterocycles. The van der Waals surface area contributed by atoms with E-state index in [0.29, 0.717) is 16.4 Å². The summed E-state index contributed by atoms with van der Waals surface area (Å²) in [5, 5.41) is 5.84. The molecule has 0 spiro atoms. The van der Waals surface area contributed by atoms with Crippen molar-refractivity contribution < 1.29 is 14.3 Å². The summed E-state index contributed by atoms with van der Waals surface area (Å²) in [5.74, 6) is 1.10. The molecule has 2 aromatic rings. The van der Waals surface area contributed by atoms with Gasteiger partial charge in [-0.15, -0.1) is 11.3 Å². The molecule has 0 fully saturated rings. The second kappa shape index (κ2) is 6.90. The van der Waals surface area contributed by atoms with Gasteiger partial charge in [0.05, 0.1) is 25.3 Å². The molecular weight excluding hydrogens is 288 g/mol. The van der Waals surface area contributed by atoms with Crippen LogP contribution in [0.25, 0.3) is 0 Å². The van der Waals surface area contributed by atoms with Crippen molar-refractivity contribution in [2.24, 2.45) is 5.10 Å². The van der Waals surface area contributed by atoms with Crippen molar-refractivity contribution in [3.8, 4) is 11.5 Å². The number of thiophene rings is 1. The summed E-state index contributed by atoms with van der Waals surface area (Å²) in [6, 6.07) is 7.27. The fraction of sp³-hybridized carbons (Fsp3) is 0.200. The molecule has 0 saturated carbocycles. The van der Waals surface area contributed by atoms with E-state index in [0.717, 1.165) is 11.1 Å². The van der Waals surface area contributed by atoms with Gasteiger partial charge >= 0.3 is 0 Å². The van der Waals surface area contributed by atoms with E-state index in [1.807, 2.05) is 24.4 Å². The van der Waals surface area contributed by atoms with Gasteiger partial charge in [-0.3, -0.25) is 4.79 Å². The molecular formula is C15H16N2O3S. The minimum atomic E-state index is -0.216. The predicted molar refractivity (Wildman–Crippen MR) is 83.7 cm³/mol. The van der Waals surface area contributed by atoms with Gasteiger partial charge in [0, 0.05) is 11.6 Å². The largest absolute Gasteiger partial charge is 0.497 e. The van der Waals surface area contributed by atoms with Gasteiger partial charge in [0.2, 0.25) is 0 Å². The molecule has 5 nitrogen and oxygen atoms in total. The van der Waals surface area contributed by atoms with E-state index in [-0.39, 0.29) is 5.91 Å². The number of ether oxygens (including phenoxy) is 2. The maximum atomic E-state index is 11.9. The molecule has 0 radical (unpaired) electrons. The normalized spacial score (nSPS) is 10.6. The summed E-state index contributed by atoms with van der Waals surface area (Å²) in [4.78, 5) is 12.6. The van der Waals surface area contributed by atoms with Crippen LogP contribution in [0.5, 0.6) is 11.5 Å². The molecule has 1 aromatic carbocycles. The highest BCUT2D eigenvalue weighted by Gasteiger charge is 2.09. The number of aryl methyl sites for hydroxylation is 1. The van der Waals surface area contributed by atoms with Crippen molar-refractivity contribution >= 4 is 23.5 Å². The highest BCUT2D eigenvalue weighted by Crippen LogP contribution is 2.23. The third-order valence-electron chi connectivity index (χ3n) is 2.88. The monoisotopic (exact) mass is 304 g/mol. The summed E-state index contributed by atoms with van der Waals surface area (Å²) in [6.07, 6.45) is 1.54. The molecule has 0 unspecified atom stereocenters. The van der Waals surface area contributed by atoms with Crippen LogP contribution < -0.4 is 14.9 Å². The molecule has 6 heteroatoms. The number of hydrazone groups is 1. The minimum absolute atomic E-state index is 0.216. The van der Waals surface area contributed by atoms with E-state index in [2.05, 4.69) is 10.5 Å². The van der Waals surface area contributed by atoms with Gasteiger partial charge in [-0.25, -0.2) is 5.43 Å². The van der Waals surface area contributed by atoms with Gasteiger partial charge < -0.3 is 9.47 Å². The second-order valence-corrected chi connectivity index (χ2v) is 5.16. The zero-order chi connectivity index (χ0) is 15.2. The van der Waals surface area contributed by atoms with Crippen LogP contribution >= 0.6 is 11.3 Å². The number of rotatable bonds is 5. The molecule has 110 valence electrons. The zero-order valence-electron chi connectivity index (χ0n) is 12.0. The van der Waals surface area contributed by atoms with Crippen LogP contribution in [-0.2, 0) is 0 Å². The lowest BCUT2D eigenvalue weighted by Crippen LogP contribution is -2.17. The van der Waals surface area contributed by atoms with Crippen molar-refractivity contribution in [2.45, 2.75) is 6.92 Å². The van der Waals surface area contributed by atoms with E-state index in [1.54, 1.807) is 32.6 Å². The zero-order valence-corrected chi connectivity index (χ0v) is 12.9. The first kappa shape index (κ1) is 15.1. The van der Waals surface area contributed by atoms with Crippen LogP contribution in [0.1, 0.15) is 20.8 Å². The highest BCUT2D eigenvalue weighted by molar-refractivity contribution is 7.12. The Hall–Kier alpha value is -2.34. The number of benzene rings is 1. The summed E-state index contributed by atoms with van der Waals surface area (Å²) < 4.78 is 10.4. The Balaban J connectivity index is 2.08. The molecule has 1 amide bonds. The Labute approximate surface area is 127 Å². The van der Waals surface area contributed by atoms with Gasteiger partial charge in [0.1, 0.15) is 11.5 Å². The fourth-order valence-corrected chi connectivity index (χ4v) is 2.56. The van der Waals surface area contributed by atoms with Gasteiger partial charge in [-0.1, -0.05) is 0 Å². The summed E-state index contributed by atoms with van der Waals surface area (Å²) in [5.41, 5.74) is 4.20. The second-order valence-electron chi connectivity index (χ2n) is 4.24. The number of methoxy groups -OCH3 is 2. The first-order valence-corrected chi connectivity index (χ1v) is 7.13. The predicted octanol–water partition coefficient (Wildman–Crippen LogP) is 2.84. The Bertz CT molecular complexity index is 665. The SMILES string of the molecule is COc1ccc(C=NNC(=O)c2sccc2C)c(OC)c1. The van der Waals surface area contributed by atoms with Crippen molar-refractivity contribution in [1.82, 2.24) is 5.43 Å². The van der Waals surface area contributed by atoms with E-state index in [4.69, 9.17) is 9.47 Å². The molecule has 0 aliphatic carbocycles. The van der Waals surface area contributed by atoms with E-state index < -0.39 is 0 Å². The molecule has 0 aliphatic rings. The molecule has 1 N–H and O–H groups in total. The van der Waals surface area contributed by atoms with Crippen molar-refractivity contribution in [3.05, 3.63) is 45.6 Å². The number of hydrogen-bond acceptors (Lipinski definition) is 5. The van der Waals surface area contributed by atoms with Crippen LogP contribution in [0.2, 0.25) is 0 Å². The van der Waals surface area contributed by atoms with Crippen molar-refractivity contribution in [3.63, 3.8) is 0 Å². The molecule has 0 bridgehead atoms. The number of carbonyl (C=O) groups excluding carboxylic acids is 1. The summed E-state index contributed by atoms with van der Waals surface area (Å²) >= 11 is 1.39. The molecule has 21 heavy (non-hydrogen) atoms. The molecule has 0 atom stereocenters. The molecule has 1 heterocycles. The van der Waals surface area contributed by atoms with Gasteiger partial charge in [0.25, 0.3) is 5.91 Å². The number of nitrogens with zero attached hydrogens (tertiary/aromatic N) is 1. The quantitative estimate of drug-likeness (QED) is 0.682. The Morgan fingerprint density at radius 1 is 1.29 bits per heavy atom. The maximum Gasteiger partial charge on any atom is 0.281 e. The number of hydrogen-bond donors (Lipinski definition) is 1. The highest BCUT2D eigenvalue weighted by atomic mass is 32.1. The third-order valence-corrected chi connectivity index (χ3v) is 3.89. The Kier molecular flexibility index (Phi) is 4.94.